The molecule has 0 fully saturated rings. The number of benzene rings is 2. The molecule has 0 radical (unpaired) electrons. The summed E-state index contributed by atoms with van der Waals surface area (Å²) >= 11 is 0. The fourth-order valence-electron chi connectivity index (χ4n) is 2.68. The van der Waals surface area contributed by atoms with Gasteiger partial charge < -0.3 is 16.8 Å². The smallest absolute Gasteiger partial charge is 0.319 e. The van der Waals surface area contributed by atoms with Crippen molar-refractivity contribution in [3.05, 3.63) is 83.7 Å². The van der Waals surface area contributed by atoms with Crippen LogP contribution in [0.3, 0.4) is 0 Å². The number of carbonyl (C=O) groups excluding carboxylic acids is 1. The quantitative estimate of drug-likeness (QED) is 0.444. The minimum absolute atomic E-state index is 0.204. The van der Waals surface area contributed by atoms with Gasteiger partial charge in [-0.1, -0.05) is 48.2 Å². The molecule has 3 rings (SSSR count). The van der Waals surface area contributed by atoms with Gasteiger partial charge in [0.25, 0.3) is 0 Å². The molecule has 146 valence electrons. The predicted octanol–water partition coefficient (Wildman–Crippen LogP) is 2.13. The first kappa shape index (κ1) is 19.9. The Morgan fingerprint density at radius 3 is 2.45 bits per heavy atom. The molecule has 0 saturated carbocycles. The summed E-state index contributed by atoms with van der Waals surface area (Å²) in [7, 11) is 0. The van der Waals surface area contributed by atoms with Crippen LogP contribution in [0, 0.1) is 11.8 Å². The number of aromatic nitrogens is 2. The Bertz CT molecular complexity index is 1010. The van der Waals surface area contributed by atoms with Crippen LogP contribution in [0.25, 0.3) is 0 Å². The largest absolute Gasteiger partial charge is 0.368 e. The molecule has 2 aromatic carbocycles. The zero-order valence-corrected chi connectivity index (χ0v) is 15.9. The van der Waals surface area contributed by atoms with Gasteiger partial charge >= 0.3 is 6.03 Å². The Morgan fingerprint density at radius 1 is 1.00 bits per heavy atom. The first-order chi connectivity index (χ1) is 14.1. The number of nitrogens with one attached hydrogen (secondary N) is 1. The standard InChI is InChI=1S/C22H22N6O/c23-21-26-15-19(16-27-21)10-9-17-7-4-8-20(13-17)28(22(24)29)12-11-25-14-18-5-2-1-3-6-18/h1-8,13,15-16,25H,11-12,14H2,(H2,24,29)(H2,23,26,27). The van der Waals surface area contributed by atoms with Crippen molar-refractivity contribution < 1.29 is 4.79 Å². The molecule has 0 bridgehead atoms. The normalized spacial score (nSPS) is 10.1. The van der Waals surface area contributed by atoms with E-state index in [1.165, 1.54) is 10.5 Å². The first-order valence-electron chi connectivity index (χ1n) is 9.13. The van der Waals surface area contributed by atoms with Crippen molar-refractivity contribution in [2.75, 3.05) is 23.7 Å². The number of carbonyl (C=O) groups is 1. The van der Waals surface area contributed by atoms with Gasteiger partial charge in [0.15, 0.2) is 0 Å². The lowest BCUT2D eigenvalue weighted by Gasteiger charge is -2.21. The van der Waals surface area contributed by atoms with Crippen LogP contribution in [0.5, 0.6) is 0 Å². The van der Waals surface area contributed by atoms with E-state index in [4.69, 9.17) is 11.5 Å². The summed E-state index contributed by atoms with van der Waals surface area (Å²) in [4.78, 5) is 21.3. The summed E-state index contributed by atoms with van der Waals surface area (Å²) in [5.74, 6) is 6.22. The maximum atomic E-state index is 11.9. The SMILES string of the molecule is NC(=O)N(CCNCc1ccccc1)c1cccc(C#Cc2cnc(N)nc2)c1. The van der Waals surface area contributed by atoms with Crippen LogP contribution in [0.15, 0.2) is 67.0 Å². The summed E-state index contributed by atoms with van der Waals surface area (Å²) in [5, 5.41) is 3.32. The molecule has 29 heavy (non-hydrogen) atoms. The van der Waals surface area contributed by atoms with Gasteiger partial charge in [-0.3, -0.25) is 4.90 Å². The van der Waals surface area contributed by atoms with Crippen LogP contribution in [0.4, 0.5) is 16.4 Å². The van der Waals surface area contributed by atoms with Gasteiger partial charge in [-0.25, -0.2) is 14.8 Å². The number of hydrogen-bond donors (Lipinski definition) is 3. The van der Waals surface area contributed by atoms with Crippen molar-refractivity contribution in [3.63, 3.8) is 0 Å². The zero-order chi connectivity index (χ0) is 20.5. The number of primary amides is 1. The Kier molecular flexibility index (Phi) is 6.76. The highest BCUT2D eigenvalue weighted by Gasteiger charge is 2.12. The fraction of sp³-hybridized carbons (Fsp3) is 0.136. The average Bonchev–Trinajstić information content (AvgIpc) is 2.74. The van der Waals surface area contributed by atoms with E-state index in [1.54, 1.807) is 12.4 Å². The predicted molar refractivity (Wildman–Crippen MR) is 114 cm³/mol. The van der Waals surface area contributed by atoms with E-state index in [-0.39, 0.29) is 5.95 Å². The van der Waals surface area contributed by atoms with Crippen LogP contribution in [-0.2, 0) is 6.54 Å². The van der Waals surface area contributed by atoms with Gasteiger partial charge in [0.2, 0.25) is 5.95 Å². The van der Waals surface area contributed by atoms with E-state index < -0.39 is 6.03 Å². The molecule has 2 amide bonds. The molecule has 5 N–H and O–H groups in total. The summed E-state index contributed by atoms with van der Waals surface area (Å²) in [6.07, 6.45) is 3.13. The number of nitrogens with two attached hydrogens (primary N) is 2. The zero-order valence-electron chi connectivity index (χ0n) is 15.9. The van der Waals surface area contributed by atoms with Crippen molar-refractivity contribution in [2.24, 2.45) is 5.73 Å². The number of nitrogens with zero attached hydrogens (tertiary/aromatic N) is 3. The van der Waals surface area contributed by atoms with Crippen molar-refractivity contribution in [3.8, 4) is 11.8 Å². The number of urea groups is 1. The monoisotopic (exact) mass is 386 g/mol. The summed E-state index contributed by atoms with van der Waals surface area (Å²) in [6, 6.07) is 16.9. The molecule has 0 aliphatic carbocycles. The molecule has 7 nitrogen and oxygen atoms in total. The third-order valence-electron chi connectivity index (χ3n) is 4.13. The number of hydrogen-bond acceptors (Lipinski definition) is 5. The second kappa shape index (κ2) is 9.88. The molecule has 1 aromatic heterocycles. The molecule has 3 aromatic rings. The Hall–Kier alpha value is -3.89. The molecule has 1 heterocycles. The summed E-state index contributed by atoms with van der Waals surface area (Å²) in [6.45, 7) is 1.78. The number of amides is 2. The summed E-state index contributed by atoms with van der Waals surface area (Å²) < 4.78 is 0. The van der Waals surface area contributed by atoms with E-state index >= 15 is 0 Å². The molecule has 7 heteroatoms. The van der Waals surface area contributed by atoms with Crippen LogP contribution >= 0.6 is 0 Å². The van der Waals surface area contributed by atoms with Gasteiger partial charge in [0.05, 0.1) is 5.56 Å². The minimum atomic E-state index is -0.511. The summed E-state index contributed by atoms with van der Waals surface area (Å²) in [5.41, 5.74) is 14.3. The second-order valence-electron chi connectivity index (χ2n) is 6.28. The minimum Gasteiger partial charge on any atom is -0.368 e. The van der Waals surface area contributed by atoms with Crippen molar-refractivity contribution in [2.45, 2.75) is 6.54 Å². The molecule has 0 unspecified atom stereocenters. The van der Waals surface area contributed by atoms with E-state index in [9.17, 15) is 4.79 Å². The van der Waals surface area contributed by atoms with Crippen LogP contribution in [0.1, 0.15) is 16.7 Å². The van der Waals surface area contributed by atoms with Crippen molar-refractivity contribution >= 4 is 17.7 Å². The van der Waals surface area contributed by atoms with Crippen molar-refractivity contribution in [1.82, 2.24) is 15.3 Å². The Labute approximate surface area is 169 Å². The van der Waals surface area contributed by atoms with Gasteiger partial charge in [0, 0.05) is 43.3 Å². The lowest BCUT2D eigenvalue weighted by molar-refractivity contribution is 0.254. The molecule has 0 atom stereocenters. The topological polar surface area (TPSA) is 110 Å². The van der Waals surface area contributed by atoms with Crippen LogP contribution in [0.2, 0.25) is 0 Å². The third-order valence-corrected chi connectivity index (χ3v) is 4.13. The lowest BCUT2D eigenvalue weighted by atomic mass is 10.2. The number of nitrogen functional groups attached to an aromatic ring is 1. The fourth-order valence-corrected chi connectivity index (χ4v) is 2.68. The van der Waals surface area contributed by atoms with Crippen LogP contribution in [-0.4, -0.2) is 29.1 Å². The van der Waals surface area contributed by atoms with Gasteiger partial charge in [-0.05, 0) is 23.8 Å². The van der Waals surface area contributed by atoms with Crippen LogP contribution < -0.4 is 21.7 Å². The average molecular weight is 386 g/mol. The lowest BCUT2D eigenvalue weighted by Crippen LogP contribution is -2.40. The highest BCUT2D eigenvalue weighted by molar-refractivity contribution is 5.90. The molecule has 0 aliphatic heterocycles. The molecule has 0 aliphatic rings. The maximum absolute atomic E-state index is 11.9. The third kappa shape index (κ3) is 6.06. The van der Waals surface area contributed by atoms with Gasteiger partial charge in [-0.15, -0.1) is 0 Å². The van der Waals surface area contributed by atoms with E-state index in [0.717, 1.165) is 12.1 Å². The highest BCUT2D eigenvalue weighted by Crippen LogP contribution is 2.15. The van der Waals surface area contributed by atoms with Gasteiger partial charge in [0.1, 0.15) is 0 Å². The Balaban J connectivity index is 1.64. The highest BCUT2D eigenvalue weighted by atomic mass is 16.2. The number of anilines is 2. The Morgan fingerprint density at radius 2 is 1.72 bits per heavy atom. The molecule has 0 saturated heterocycles. The van der Waals surface area contributed by atoms with Crippen molar-refractivity contribution in [1.29, 1.82) is 0 Å². The van der Waals surface area contributed by atoms with E-state index in [0.29, 0.717) is 24.3 Å². The molecular weight excluding hydrogens is 364 g/mol. The number of rotatable bonds is 6. The van der Waals surface area contributed by atoms with Gasteiger partial charge in [-0.2, -0.15) is 0 Å². The second-order valence-corrected chi connectivity index (χ2v) is 6.28. The van der Waals surface area contributed by atoms with E-state index in [1.807, 2.05) is 54.6 Å². The molecular formula is C22H22N6O. The van der Waals surface area contributed by atoms with E-state index in [2.05, 4.69) is 27.1 Å². The first-order valence-corrected chi connectivity index (χ1v) is 9.13. The maximum Gasteiger partial charge on any atom is 0.319 e. The molecule has 0 spiro atoms.